The van der Waals surface area contributed by atoms with Crippen LogP contribution in [0.1, 0.15) is 5.89 Å². The van der Waals surface area contributed by atoms with Gasteiger partial charge in [0.1, 0.15) is 0 Å². The van der Waals surface area contributed by atoms with E-state index in [2.05, 4.69) is 20.4 Å². The van der Waals surface area contributed by atoms with E-state index < -0.39 is 4.92 Å². The van der Waals surface area contributed by atoms with Crippen molar-refractivity contribution in [3.63, 3.8) is 0 Å². The van der Waals surface area contributed by atoms with Crippen LogP contribution in [0.4, 0.5) is 5.69 Å². The molecule has 32 heavy (non-hydrogen) atoms. The standard InChI is InChI=1S/C21H14N6O4S/c28-27(29)16-10-8-14(9-11-16)20-24-22-18(31-20)13-32-21-25-23-19(17-7-4-12-30-17)26(21)15-5-2-1-3-6-15/h1-12H,13H2. The zero-order chi connectivity index (χ0) is 21.9. The maximum Gasteiger partial charge on any atom is 0.269 e. The van der Waals surface area contributed by atoms with Crippen molar-refractivity contribution in [2.75, 3.05) is 0 Å². The molecule has 0 bridgehead atoms. The van der Waals surface area contributed by atoms with Gasteiger partial charge in [-0.15, -0.1) is 20.4 Å². The smallest absolute Gasteiger partial charge is 0.269 e. The summed E-state index contributed by atoms with van der Waals surface area (Å²) in [6, 6.07) is 19.3. The number of rotatable bonds is 7. The van der Waals surface area contributed by atoms with Crippen molar-refractivity contribution < 1.29 is 13.8 Å². The molecule has 0 unspecified atom stereocenters. The minimum atomic E-state index is -0.459. The van der Waals surface area contributed by atoms with Crippen LogP contribution in [0.25, 0.3) is 28.7 Å². The van der Waals surface area contributed by atoms with Crippen molar-refractivity contribution in [1.82, 2.24) is 25.0 Å². The third kappa shape index (κ3) is 3.88. The van der Waals surface area contributed by atoms with Crippen LogP contribution in [0, 0.1) is 10.1 Å². The van der Waals surface area contributed by atoms with Gasteiger partial charge in [-0.2, -0.15) is 0 Å². The summed E-state index contributed by atoms with van der Waals surface area (Å²) in [6.45, 7) is 0. The van der Waals surface area contributed by atoms with Gasteiger partial charge in [-0.05, 0) is 36.4 Å². The molecule has 0 spiro atoms. The average Bonchev–Trinajstić information content (AvgIpc) is 3.59. The first-order chi connectivity index (χ1) is 15.7. The van der Waals surface area contributed by atoms with E-state index in [1.54, 1.807) is 24.5 Å². The molecule has 0 fully saturated rings. The molecule has 5 rings (SSSR count). The molecule has 3 heterocycles. The Morgan fingerprint density at radius 2 is 1.75 bits per heavy atom. The summed E-state index contributed by atoms with van der Waals surface area (Å²) in [4.78, 5) is 10.4. The molecule has 3 aromatic heterocycles. The Morgan fingerprint density at radius 1 is 0.938 bits per heavy atom. The molecular weight excluding hydrogens is 432 g/mol. The number of thioether (sulfide) groups is 1. The van der Waals surface area contributed by atoms with Gasteiger partial charge in [0.15, 0.2) is 10.9 Å². The number of nitrogens with zero attached hydrogens (tertiary/aromatic N) is 6. The van der Waals surface area contributed by atoms with Gasteiger partial charge in [0.25, 0.3) is 5.69 Å². The van der Waals surface area contributed by atoms with Gasteiger partial charge in [-0.3, -0.25) is 14.7 Å². The summed E-state index contributed by atoms with van der Waals surface area (Å²) in [5.74, 6) is 2.23. The second kappa shape index (κ2) is 8.47. The molecule has 0 radical (unpaired) electrons. The second-order valence-corrected chi connectivity index (χ2v) is 7.49. The number of benzene rings is 2. The molecule has 0 saturated carbocycles. The lowest BCUT2D eigenvalue weighted by Gasteiger charge is -2.08. The Balaban J connectivity index is 1.38. The molecule has 0 saturated heterocycles. The number of furan rings is 1. The van der Waals surface area contributed by atoms with Gasteiger partial charge in [-0.25, -0.2) is 0 Å². The molecule has 2 aromatic carbocycles. The topological polar surface area (TPSA) is 126 Å². The number of para-hydroxylation sites is 1. The minimum Gasteiger partial charge on any atom is -0.461 e. The van der Waals surface area contributed by atoms with Crippen LogP contribution >= 0.6 is 11.8 Å². The molecule has 0 aliphatic carbocycles. The largest absolute Gasteiger partial charge is 0.461 e. The van der Waals surface area contributed by atoms with Crippen molar-refractivity contribution in [1.29, 1.82) is 0 Å². The van der Waals surface area contributed by atoms with Crippen molar-refractivity contribution >= 4 is 17.4 Å². The monoisotopic (exact) mass is 446 g/mol. The van der Waals surface area contributed by atoms with Crippen LogP contribution < -0.4 is 0 Å². The number of non-ortho nitro benzene ring substituents is 1. The van der Waals surface area contributed by atoms with Gasteiger partial charge >= 0.3 is 0 Å². The fraction of sp³-hybridized carbons (Fsp3) is 0.0476. The maximum atomic E-state index is 10.8. The molecule has 0 atom stereocenters. The number of nitro benzene ring substituents is 1. The van der Waals surface area contributed by atoms with E-state index in [1.165, 1.54) is 23.9 Å². The summed E-state index contributed by atoms with van der Waals surface area (Å²) in [5, 5.41) is 28.2. The first-order valence-electron chi connectivity index (χ1n) is 9.44. The summed E-state index contributed by atoms with van der Waals surface area (Å²) in [6.07, 6.45) is 1.59. The van der Waals surface area contributed by atoms with E-state index in [0.29, 0.717) is 33.9 Å². The van der Waals surface area contributed by atoms with E-state index in [4.69, 9.17) is 8.83 Å². The molecular formula is C21H14N6O4S. The molecule has 0 N–H and O–H groups in total. The minimum absolute atomic E-state index is 0.00310. The van der Waals surface area contributed by atoms with Gasteiger partial charge in [0, 0.05) is 23.4 Å². The Hall–Kier alpha value is -4.25. The van der Waals surface area contributed by atoms with Crippen LogP contribution in [0.15, 0.2) is 87.0 Å². The lowest BCUT2D eigenvalue weighted by atomic mass is 10.2. The summed E-state index contributed by atoms with van der Waals surface area (Å²) < 4.78 is 13.1. The maximum absolute atomic E-state index is 10.8. The highest BCUT2D eigenvalue weighted by molar-refractivity contribution is 7.98. The fourth-order valence-corrected chi connectivity index (χ4v) is 3.81. The van der Waals surface area contributed by atoms with E-state index in [9.17, 15) is 10.1 Å². The Morgan fingerprint density at radius 3 is 2.47 bits per heavy atom. The highest BCUT2D eigenvalue weighted by atomic mass is 32.2. The van der Waals surface area contributed by atoms with Crippen LogP contribution in [-0.2, 0) is 5.75 Å². The van der Waals surface area contributed by atoms with E-state index in [0.717, 1.165) is 5.69 Å². The molecule has 5 aromatic rings. The third-order valence-corrected chi connectivity index (χ3v) is 5.42. The zero-order valence-corrected chi connectivity index (χ0v) is 17.2. The Bertz CT molecular complexity index is 1350. The molecule has 10 nitrogen and oxygen atoms in total. The lowest BCUT2D eigenvalue weighted by molar-refractivity contribution is -0.384. The van der Waals surface area contributed by atoms with E-state index in [-0.39, 0.29) is 11.6 Å². The molecule has 0 aliphatic heterocycles. The first kappa shape index (κ1) is 19.7. The fourth-order valence-electron chi connectivity index (χ4n) is 3.02. The Kier molecular flexibility index (Phi) is 5.22. The summed E-state index contributed by atoms with van der Waals surface area (Å²) in [5.41, 5.74) is 1.49. The van der Waals surface area contributed by atoms with Crippen molar-refractivity contribution in [2.45, 2.75) is 10.9 Å². The SMILES string of the molecule is O=[N+]([O-])c1ccc(-c2nnc(CSc3nnc(-c4ccco4)n3-c3ccccc3)o2)cc1. The van der Waals surface area contributed by atoms with Crippen LogP contribution in [0.3, 0.4) is 0 Å². The number of aromatic nitrogens is 5. The van der Waals surface area contributed by atoms with Crippen molar-refractivity contribution in [2.24, 2.45) is 0 Å². The normalized spacial score (nSPS) is 11.0. The van der Waals surface area contributed by atoms with Gasteiger partial charge in [0.2, 0.25) is 17.6 Å². The van der Waals surface area contributed by atoms with Crippen molar-refractivity contribution in [3.05, 3.63) is 89.0 Å². The molecule has 0 aliphatic rings. The molecule has 158 valence electrons. The highest BCUT2D eigenvalue weighted by Gasteiger charge is 2.19. The summed E-state index contributed by atoms with van der Waals surface area (Å²) in [7, 11) is 0. The lowest BCUT2D eigenvalue weighted by Crippen LogP contribution is -1.99. The van der Waals surface area contributed by atoms with E-state index in [1.807, 2.05) is 41.0 Å². The Labute approximate surface area is 185 Å². The van der Waals surface area contributed by atoms with Crippen molar-refractivity contribution in [3.8, 4) is 28.7 Å². The number of hydrogen-bond acceptors (Lipinski definition) is 9. The third-order valence-electron chi connectivity index (χ3n) is 4.51. The predicted octanol–water partition coefficient (Wildman–Crippen LogP) is 4.78. The van der Waals surface area contributed by atoms with E-state index >= 15 is 0 Å². The average molecular weight is 446 g/mol. The summed E-state index contributed by atoms with van der Waals surface area (Å²) >= 11 is 1.39. The number of nitro groups is 1. The van der Waals surface area contributed by atoms with Crippen LogP contribution in [-0.4, -0.2) is 29.9 Å². The van der Waals surface area contributed by atoms with Gasteiger partial charge in [-0.1, -0.05) is 30.0 Å². The van der Waals surface area contributed by atoms with Gasteiger partial charge < -0.3 is 8.83 Å². The zero-order valence-electron chi connectivity index (χ0n) is 16.4. The highest BCUT2D eigenvalue weighted by Crippen LogP contribution is 2.30. The quantitative estimate of drug-likeness (QED) is 0.197. The van der Waals surface area contributed by atoms with Crippen LogP contribution in [0.2, 0.25) is 0 Å². The molecule has 0 amide bonds. The number of hydrogen-bond donors (Lipinski definition) is 0. The predicted molar refractivity (Wildman–Crippen MR) is 115 cm³/mol. The van der Waals surface area contributed by atoms with Gasteiger partial charge in [0.05, 0.1) is 16.9 Å². The molecule has 11 heteroatoms. The first-order valence-corrected chi connectivity index (χ1v) is 10.4. The van der Waals surface area contributed by atoms with Crippen LogP contribution in [0.5, 0.6) is 0 Å². The second-order valence-electron chi connectivity index (χ2n) is 6.55.